The van der Waals surface area contributed by atoms with E-state index in [0.717, 1.165) is 41.3 Å². The summed E-state index contributed by atoms with van der Waals surface area (Å²) in [5.41, 5.74) is 0.501. The Kier molecular flexibility index (Phi) is 4.39. The number of esters is 1. The number of carbonyl (C=O) groups is 1. The van der Waals surface area contributed by atoms with E-state index in [9.17, 15) is 4.79 Å². The maximum atomic E-state index is 12.4. The predicted octanol–water partition coefficient (Wildman–Crippen LogP) is 4.54. The van der Waals surface area contributed by atoms with Gasteiger partial charge in [-0.2, -0.15) is 0 Å². The van der Waals surface area contributed by atoms with Crippen molar-refractivity contribution in [3.63, 3.8) is 0 Å². The van der Waals surface area contributed by atoms with Gasteiger partial charge in [0.15, 0.2) is 0 Å². The molecular formula is C16H18ClNO3S. The van der Waals surface area contributed by atoms with Crippen LogP contribution in [0, 0.1) is 0 Å². The highest BCUT2D eigenvalue weighted by molar-refractivity contribution is 7.21. The van der Waals surface area contributed by atoms with E-state index in [-0.39, 0.29) is 5.97 Å². The van der Waals surface area contributed by atoms with Crippen LogP contribution in [0.25, 0.3) is 10.1 Å². The lowest BCUT2D eigenvalue weighted by Gasteiger charge is -2.28. The van der Waals surface area contributed by atoms with Crippen molar-refractivity contribution in [2.45, 2.75) is 38.2 Å². The third kappa shape index (κ3) is 2.51. The van der Waals surface area contributed by atoms with Gasteiger partial charge < -0.3 is 9.47 Å². The zero-order valence-corrected chi connectivity index (χ0v) is 14.2. The molecule has 0 aromatic carbocycles. The molecule has 1 aliphatic carbocycles. The minimum Gasteiger partial charge on any atom is -0.462 e. The number of thiophene rings is 1. The summed E-state index contributed by atoms with van der Waals surface area (Å²) in [4.78, 5) is 17.2. The number of halogens is 1. The molecule has 0 atom stereocenters. The van der Waals surface area contributed by atoms with Gasteiger partial charge in [-0.05, 0) is 25.8 Å². The molecule has 0 unspecified atom stereocenters. The Balaban J connectivity index is 2.26. The molecule has 0 spiro atoms. The van der Waals surface area contributed by atoms with E-state index < -0.39 is 5.60 Å². The Morgan fingerprint density at radius 1 is 1.45 bits per heavy atom. The molecule has 118 valence electrons. The number of methoxy groups -OCH3 is 1. The van der Waals surface area contributed by atoms with E-state index in [4.69, 9.17) is 21.1 Å². The molecule has 0 amide bonds. The lowest BCUT2D eigenvalue weighted by Crippen LogP contribution is -2.26. The standard InChI is InChI=1S/C16H18ClNO3S/c1-3-21-15(19)14-13(16(20-2)6-4-5-7-16)10-8-12(17)18-9-11(10)22-14/h8-9H,3-7H2,1-2H3. The molecule has 22 heavy (non-hydrogen) atoms. The van der Waals surface area contributed by atoms with Crippen LogP contribution in [0.5, 0.6) is 0 Å². The quantitative estimate of drug-likeness (QED) is 0.606. The maximum Gasteiger partial charge on any atom is 0.348 e. The van der Waals surface area contributed by atoms with Gasteiger partial charge in [-0.1, -0.05) is 24.4 Å². The summed E-state index contributed by atoms with van der Waals surface area (Å²) in [5.74, 6) is -0.293. The molecule has 4 nitrogen and oxygen atoms in total. The molecule has 2 aromatic heterocycles. The van der Waals surface area contributed by atoms with E-state index in [1.54, 1.807) is 13.3 Å². The van der Waals surface area contributed by atoms with Gasteiger partial charge in [0.05, 0.1) is 16.9 Å². The third-order valence-electron chi connectivity index (χ3n) is 4.26. The average Bonchev–Trinajstić information content (AvgIpc) is 3.11. The minimum absolute atomic E-state index is 0.293. The summed E-state index contributed by atoms with van der Waals surface area (Å²) in [5, 5.41) is 1.38. The van der Waals surface area contributed by atoms with Gasteiger partial charge in [0.25, 0.3) is 0 Å². The predicted molar refractivity (Wildman–Crippen MR) is 87.7 cm³/mol. The van der Waals surface area contributed by atoms with Gasteiger partial charge >= 0.3 is 5.97 Å². The smallest absolute Gasteiger partial charge is 0.348 e. The zero-order valence-electron chi connectivity index (χ0n) is 12.6. The molecule has 0 N–H and O–H groups in total. The van der Waals surface area contributed by atoms with E-state index in [1.165, 1.54) is 11.3 Å². The van der Waals surface area contributed by atoms with Crippen LogP contribution in [0.4, 0.5) is 0 Å². The van der Waals surface area contributed by atoms with E-state index in [1.807, 2.05) is 13.0 Å². The monoisotopic (exact) mass is 339 g/mol. The first-order valence-electron chi connectivity index (χ1n) is 7.42. The summed E-state index contributed by atoms with van der Waals surface area (Å²) in [6.07, 6.45) is 5.70. The first kappa shape index (κ1) is 15.7. The summed E-state index contributed by atoms with van der Waals surface area (Å²) < 4.78 is 12.1. The first-order chi connectivity index (χ1) is 10.6. The van der Waals surface area contributed by atoms with Crippen LogP contribution >= 0.6 is 22.9 Å². The largest absolute Gasteiger partial charge is 0.462 e. The molecule has 0 radical (unpaired) electrons. The molecule has 1 saturated carbocycles. The highest BCUT2D eigenvalue weighted by Gasteiger charge is 2.41. The Morgan fingerprint density at radius 2 is 2.18 bits per heavy atom. The second-order valence-corrected chi connectivity index (χ2v) is 6.87. The second-order valence-electron chi connectivity index (χ2n) is 5.44. The topological polar surface area (TPSA) is 48.4 Å². The van der Waals surface area contributed by atoms with E-state index in [2.05, 4.69) is 4.98 Å². The number of hydrogen-bond acceptors (Lipinski definition) is 5. The minimum atomic E-state index is -0.426. The van der Waals surface area contributed by atoms with E-state index in [0.29, 0.717) is 16.6 Å². The van der Waals surface area contributed by atoms with Crippen LogP contribution in [-0.4, -0.2) is 24.7 Å². The van der Waals surface area contributed by atoms with Crippen LogP contribution < -0.4 is 0 Å². The van der Waals surface area contributed by atoms with Crippen molar-refractivity contribution >= 4 is 39.0 Å². The van der Waals surface area contributed by atoms with Gasteiger partial charge in [0.2, 0.25) is 0 Å². The van der Waals surface area contributed by atoms with Crippen molar-refractivity contribution in [2.24, 2.45) is 0 Å². The number of rotatable bonds is 4. The maximum absolute atomic E-state index is 12.4. The van der Waals surface area contributed by atoms with Gasteiger partial charge in [-0.25, -0.2) is 9.78 Å². The lowest BCUT2D eigenvalue weighted by atomic mass is 9.89. The number of carbonyl (C=O) groups excluding carboxylic acids is 1. The molecule has 2 aromatic rings. The molecule has 1 aliphatic rings. The SMILES string of the molecule is CCOC(=O)c1sc2cnc(Cl)cc2c1C1(OC)CCCC1. The molecular weight excluding hydrogens is 322 g/mol. The Labute approximate surface area is 138 Å². The Morgan fingerprint density at radius 3 is 2.82 bits per heavy atom. The van der Waals surface area contributed by atoms with Crippen molar-refractivity contribution in [2.75, 3.05) is 13.7 Å². The van der Waals surface area contributed by atoms with Crippen LogP contribution in [0.1, 0.15) is 47.8 Å². The highest BCUT2D eigenvalue weighted by Crippen LogP contribution is 2.48. The summed E-state index contributed by atoms with van der Waals surface area (Å²) in [7, 11) is 1.71. The molecule has 0 saturated heterocycles. The number of hydrogen-bond donors (Lipinski definition) is 0. The van der Waals surface area contributed by atoms with Crippen molar-refractivity contribution in [3.8, 4) is 0 Å². The molecule has 2 heterocycles. The molecule has 3 rings (SSSR count). The number of nitrogens with zero attached hydrogens (tertiary/aromatic N) is 1. The second kappa shape index (κ2) is 6.14. The number of ether oxygens (including phenoxy) is 2. The molecule has 0 aliphatic heterocycles. The number of pyridine rings is 1. The molecule has 0 bridgehead atoms. The Hall–Kier alpha value is -1.17. The van der Waals surface area contributed by atoms with E-state index >= 15 is 0 Å². The normalized spacial score (nSPS) is 17.0. The first-order valence-corrected chi connectivity index (χ1v) is 8.61. The van der Waals surface area contributed by atoms with Crippen molar-refractivity contribution in [1.82, 2.24) is 4.98 Å². The number of fused-ring (bicyclic) bond motifs is 1. The lowest BCUT2D eigenvalue weighted by molar-refractivity contribution is -0.00846. The van der Waals surface area contributed by atoms with Gasteiger partial charge in [-0.15, -0.1) is 11.3 Å². The van der Waals surface area contributed by atoms with Crippen LogP contribution in [0.3, 0.4) is 0 Å². The van der Waals surface area contributed by atoms with Gasteiger partial charge in [0, 0.05) is 24.3 Å². The molecule has 6 heteroatoms. The zero-order chi connectivity index (χ0) is 15.7. The average molecular weight is 340 g/mol. The third-order valence-corrected chi connectivity index (χ3v) is 5.59. The fraction of sp³-hybridized carbons (Fsp3) is 0.500. The fourth-order valence-corrected chi connectivity index (χ4v) is 4.57. The molecule has 1 fully saturated rings. The summed E-state index contributed by atoms with van der Waals surface area (Å²) >= 11 is 7.48. The highest BCUT2D eigenvalue weighted by atomic mass is 35.5. The van der Waals surface area contributed by atoms with Crippen LogP contribution in [-0.2, 0) is 15.1 Å². The fourth-order valence-electron chi connectivity index (χ4n) is 3.27. The van der Waals surface area contributed by atoms with Gasteiger partial charge in [0.1, 0.15) is 10.0 Å². The summed E-state index contributed by atoms with van der Waals surface area (Å²) in [6, 6.07) is 1.82. The van der Waals surface area contributed by atoms with Crippen molar-refractivity contribution in [1.29, 1.82) is 0 Å². The van der Waals surface area contributed by atoms with Crippen molar-refractivity contribution < 1.29 is 14.3 Å². The number of aromatic nitrogens is 1. The van der Waals surface area contributed by atoms with Gasteiger partial charge in [-0.3, -0.25) is 0 Å². The Bertz CT molecular complexity index is 707. The van der Waals surface area contributed by atoms with Crippen LogP contribution in [0.15, 0.2) is 12.3 Å². The van der Waals surface area contributed by atoms with Crippen molar-refractivity contribution in [3.05, 3.63) is 27.9 Å². The summed E-state index contributed by atoms with van der Waals surface area (Å²) in [6.45, 7) is 2.16. The van der Waals surface area contributed by atoms with Crippen LogP contribution in [0.2, 0.25) is 5.15 Å².